The number of ether oxygens (including phenoxy) is 1. The molecule has 1 saturated carbocycles. The van der Waals surface area contributed by atoms with Crippen LogP contribution in [-0.2, 0) is 4.74 Å². The van der Waals surface area contributed by atoms with E-state index in [2.05, 4.69) is 10.2 Å². The highest BCUT2D eigenvalue weighted by Gasteiger charge is 2.31. The van der Waals surface area contributed by atoms with E-state index in [1.54, 1.807) is 7.11 Å². The van der Waals surface area contributed by atoms with Gasteiger partial charge in [-0.2, -0.15) is 0 Å². The smallest absolute Gasteiger partial charge is 0.0628 e. The number of methoxy groups -OCH3 is 1. The lowest BCUT2D eigenvalue weighted by Gasteiger charge is -2.42. The fourth-order valence-corrected chi connectivity index (χ4v) is 3.58. The van der Waals surface area contributed by atoms with Crippen LogP contribution >= 0.6 is 0 Å². The molecule has 0 aromatic carbocycles. The predicted molar refractivity (Wildman–Crippen MR) is 71.2 cm³/mol. The minimum Gasteiger partial charge on any atom is -0.383 e. The van der Waals surface area contributed by atoms with Crippen LogP contribution in [0.4, 0.5) is 0 Å². The summed E-state index contributed by atoms with van der Waals surface area (Å²) in [6.45, 7) is 4.59. The minimum absolute atomic E-state index is 0.486. The summed E-state index contributed by atoms with van der Waals surface area (Å²) >= 11 is 0. The van der Waals surface area contributed by atoms with Crippen molar-refractivity contribution in [3.63, 3.8) is 0 Å². The first-order valence-electron chi connectivity index (χ1n) is 7.22. The molecule has 17 heavy (non-hydrogen) atoms. The average Bonchev–Trinajstić information content (AvgIpc) is 2.38. The largest absolute Gasteiger partial charge is 0.383 e. The van der Waals surface area contributed by atoms with Crippen molar-refractivity contribution in [3.05, 3.63) is 0 Å². The Hall–Kier alpha value is -0.120. The fourth-order valence-electron chi connectivity index (χ4n) is 3.58. The van der Waals surface area contributed by atoms with Gasteiger partial charge in [-0.15, -0.1) is 0 Å². The van der Waals surface area contributed by atoms with Crippen LogP contribution in [0.1, 0.15) is 32.1 Å². The van der Waals surface area contributed by atoms with E-state index in [0.717, 1.165) is 25.0 Å². The quantitative estimate of drug-likeness (QED) is 0.792. The summed E-state index contributed by atoms with van der Waals surface area (Å²) in [6, 6.07) is 0.486. The molecule has 2 fully saturated rings. The Morgan fingerprint density at radius 1 is 1.24 bits per heavy atom. The van der Waals surface area contributed by atoms with Crippen molar-refractivity contribution in [2.24, 2.45) is 11.8 Å². The van der Waals surface area contributed by atoms with Gasteiger partial charge in [0, 0.05) is 26.2 Å². The minimum atomic E-state index is 0.486. The van der Waals surface area contributed by atoms with Crippen LogP contribution in [0, 0.1) is 11.8 Å². The zero-order chi connectivity index (χ0) is 12.1. The number of rotatable bonds is 5. The Kier molecular flexibility index (Phi) is 5.26. The number of likely N-dealkylation sites (N-methyl/N-ethyl adjacent to an activating group) is 1. The summed E-state index contributed by atoms with van der Waals surface area (Å²) in [6.07, 6.45) is 7.32. The number of piperidine rings is 1. The zero-order valence-electron chi connectivity index (χ0n) is 11.5. The molecule has 0 bridgehead atoms. The Morgan fingerprint density at radius 3 is 2.71 bits per heavy atom. The molecule has 2 aliphatic rings. The monoisotopic (exact) mass is 240 g/mol. The lowest BCUT2D eigenvalue weighted by molar-refractivity contribution is 0.0680. The molecule has 0 aromatic heterocycles. The number of hydrogen-bond donors (Lipinski definition) is 1. The van der Waals surface area contributed by atoms with E-state index < -0.39 is 0 Å². The molecule has 1 N–H and O–H groups in total. The van der Waals surface area contributed by atoms with Crippen LogP contribution in [0.25, 0.3) is 0 Å². The normalized spacial score (nSPS) is 32.1. The molecule has 1 saturated heterocycles. The maximum atomic E-state index is 5.25. The van der Waals surface area contributed by atoms with E-state index in [4.69, 9.17) is 4.74 Å². The third-order valence-electron chi connectivity index (χ3n) is 4.63. The van der Waals surface area contributed by atoms with E-state index in [-0.39, 0.29) is 0 Å². The second-order valence-electron chi connectivity index (χ2n) is 5.79. The van der Waals surface area contributed by atoms with Gasteiger partial charge in [-0.1, -0.05) is 19.3 Å². The Bertz CT molecular complexity index is 220. The topological polar surface area (TPSA) is 24.5 Å². The van der Waals surface area contributed by atoms with Gasteiger partial charge in [0.2, 0.25) is 0 Å². The second-order valence-corrected chi connectivity index (χ2v) is 5.79. The molecule has 3 unspecified atom stereocenters. The summed E-state index contributed by atoms with van der Waals surface area (Å²) in [7, 11) is 3.83. The first-order valence-corrected chi connectivity index (χ1v) is 7.22. The molecule has 3 heteroatoms. The number of fused-ring (bicyclic) bond motifs is 1. The van der Waals surface area contributed by atoms with Crippen molar-refractivity contribution in [3.8, 4) is 0 Å². The van der Waals surface area contributed by atoms with Crippen molar-refractivity contribution < 1.29 is 4.74 Å². The first kappa shape index (κ1) is 13.3. The maximum absolute atomic E-state index is 5.25. The van der Waals surface area contributed by atoms with E-state index in [9.17, 15) is 0 Å². The molecule has 2 rings (SSSR count). The lowest BCUT2D eigenvalue weighted by atomic mass is 9.75. The summed E-state index contributed by atoms with van der Waals surface area (Å²) in [5, 5.41) is 3.36. The van der Waals surface area contributed by atoms with Crippen LogP contribution in [0.3, 0.4) is 0 Å². The molecule has 0 aromatic rings. The maximum Gasteiger partial charge on any atom is 0.0628 e. The molecule has 0 spiro atoms. The molecular weight excluding hydrogens is 212 g/mol. The molecule has 1 heterocycles. The Balaban J connectivity index is 1.78. The van der Waals surface area contributed by atoms with Crippen molar-refractivity contribution >= 4 is 0 Å². The standard InChI is InChI=1S/C14H28N2O/c1-15-14(11-17-2)10-16-8-7-12-5-3-4-6-13(12)9-16/h12-15H,3-11H2,1-2H3. The van der Waals surface area contributed by atoms with Gasteiger partial charge >= 0.3 is 0 Å². The fraction of sp³-hybridized carbons (Fsp3) is 1.00. The van der Waals surface area contributed by atoms with Crippen molar-refractivity contribution in [1.29, 1.82) is 0 Å². The van der Waals surface area contributed by atoms with E-state index in [0.29, 0.717) is 6.04 Å². The van der Waals surface area contributed by atoms with Crippen LogP contribution in [0.15, 0.2) is 0 Å². The Morgan fingerprint density at radius 2 is 2.00 bits per heavy atom. The molecule has 100 valence electrons. The van der Waals surface area contributed by atoms with Gasteiger partial charge in [-0.25, -0.2) is 0 Å². The molecule has 3 atom stereocenters. The number of hydrogen-bond acceptors (Lipinski definition) is 3. The van der Waals surface area contributed by atoms with Crippen LogP contribution < -0.4 is 5.32 Å². The molecule has 0 amide bonds. The first-order chi connectivity index (χ1) is 8.33. The van der Waals surface area contributed by atoms with Gasteiger partial charge in [-0.3, -0.25) is 0 Å². The molecule has 1 aliphatic heterocycles. The molecular formula is C14H28N2O. The number of nitrogens with zero attached hydrogens (tertiary/aromatic N) is 1. The SMILES string of the molecule is CNC(COC)CN1CCC2CCCCC2C1. The highest BCUT2D eigenvalue weighted by Crippen LogP contribution is 2.35. The third kappa shape index (κ3) is 3.67. The summed E-state index contributed by atoms with van der Waals surface area (Å²) in [5.41, 5.74) is 0. The summed E-state index contributed by atoms with van der Waals surface area (Å²) < 4.78 is 5.25. The molecule has 3 nitrogen and oxygen atoms in total. The van der Waals surface area contributed by atoms with Gasteiger partial charge in [0.25, 0.3) is 0 Å². The van der Waals surface area contributed by atoms with E-state index in [1.165, 1.54) is 45.2 Å². The van der Waals surface area contributed by atoms with Crippen molar-refractivity contribution in [2.75, 3.05) is 40.4 Å². The van der Waals surface area contributed by atoms with Gasteiger partial charge in [-0.05, 0) is 38.3 Å². The predicted octanol–water partition coefficient (Wildman–Crippen LogP) is 1.73. The zero-order valence-corrected chi connectivity index (χ0v) is 11.5. The second kappa shape index (κ2) is 6.72. The van der Waals surface area contributed by atoms with Gasteiger partial charge in [0.15, 0.2) is 0 Å². The van der Waals surface area contributed by atoms with Gasteiger partial charge in [0.05, 0.1) is 6.61 Å². The lowest BCUT2D eigenvalue weighted by Crippen LogP contribution is -2.48. The van der Waals surface area contributed by atoms with Crippen LogP contribution in [-0.4, -0.2) is 51.3 Å². The number of likely N-dealkylation sites (tertiary alicyclic amines) is 1. The molecule has 0 radical (unpaired) electrons. The van der Waals surface area contributed by atoms with Crippen molar-refractivity contribution in [1.82, 2.24) is 10.2 Å². The van der Waals surface area contributed by atoms with E-state index >= 15 is 0 Å². The van der Waals surface area contributed by atoms with Crippen molar-refractivity contribution in [2.45, 2.75) is 38.1 Å². The van der Waals surface area contributed by atoms with Gasteiger partial charge in [0.1, 0.15) is 0 Å². The third-order valence-corrected chi connectivity index (χ3v) is 4.63. The average molecular weight is 240 g/mol. The number of nitrogens with one attached hydrogen (secondary N) is 1. The summed E-state index contributed by atoms with van der Waals surface area (Å²) in [5.74, 6) is 2.02. The highest BCUT2D eigenvalue weighted by atomic mass is 16.5. The van der Waals surface area contributed by atoms with Crippen LogP contribution in [0.2, 0.25) is 0 Å². The Labute approximate surface area is 106 Å². The van der Waals surface area contributed by atoms with E-state index in [1.807, 2.05) is 7.05 Å². The van der Waals surface area contributed by atoms with Gasteiger partial charge < -0.3 is 15.0 Å². The highest BCUT2D eigenvalue weighted by molar-refractivity contribution is 4.85. The summed E-state index contributed by atoms with van der Waals surface area (Å²) in [4.78, 5) is 2.65. The van der Waals surface area contributed by atoms with Crippen LogP contribution in [0.5, 0.6) is 0 Å². The molecule has 1 aliphatic carbocycles.